The maximum Gasteiger partial charge on any atom is 0.264 e. The molecule has 0 fully saturated rings. The topological polar surface area (TPSA) is 96.0 Å². The van der Waals surface area contributed by atoms with Crippen LogP contribution in [0.2, 0.25) is 10.0 Å². The van der Waals surface area contributed by atoms with Gasteiger partial charge in [0.05, 0.1) is 17.2 Å². The Morgan fingerprint density at radius 2 is 1.65 bits per heavy atom. The normalized spacial score (nSPS) is 11.9. The minimum Gasteiger partial charge on any atom is -0.494 e. The van der Waals surface area contributed by atoms with Crippen LogP contribution in [-0.4, -0.2) is 51.4 Å². The van der Waals surface area contributed by atoms with Gasteiger partial charge in [-0.25, -0.2) is 12.8 Å². The van der Waals surface area contributed by atoms with Gasteiger partial charge in [0.25, 0.3) is 10.0 Å². The summed E-state index contributed by atoms with van der Waals surface area (Å²) in [6.45, 7) is 3.25. The summed E-state index contributed by atoms with van der Waals surface area (Å²) in [7, 11) is -2.88. The minimum absolute atomic E-state index is 0.0749. The maximum absolute atomic E-state index is 13.9. The van der Waals surface area contributed by atoms with Crippen LogP contribution in [0, 0.1) is 5.82 Å². The SMILES string of the molecule is CCOc1ccc(N(CC(=O)N(Cc2ccc(Cl)cc2Cl)C(CC)C(=O)NC)S(=O)(=O)c2ccc(F)cc2)cc1. The van der Waals surface area contributed by atoms with E-state index in [4.69, 9.17) is 27.9 Å². The van der Waals surface area contributed by atoms with E-state index in [1.54, 1.807) is 31.2 Å². The molecule has 12 heteroatoms. The number of hydrogen-bond acceptors (Lipinski definition) is 5. The molecule has 8 nitrogen and oxygen atoms in total. The second kappa shape index (κ2) is 13.8. The maximum atomic E-state index is 13.9. The van der Waals surface area contributed by atoms with Gasteiger partial charge in [0.2, 0.25) is 11.8 Å². The molecule has 1 N–H and O–H groups in total. The number of nitrogens with one attached hydrogen (secondary N) is 1. The van der Waals surface area contributed by atoms with Crippen LogP contribution in [0.25, 0.3) is 0 Å². The van der Waals surface area contributed by atoms with Gasteiger partial charge in [-0.15, -0.1) is 0 Å². The van der Waals surface area contributed by atoms with Crippen molar-refractivity contribution in [3.8, 4) is 5.75 Å². The number of carbonyl (C=O) groups excluding carboxylic acids is 2. The van der Waals surface area contributed by atoms with Crippen LogP contribution in [0.1, 0.15) is 25.8 Å². The van der Waals surface area contributed by atoms with Crippen LogP contribution < -0.4 is 14.4 Å². The average molecular weight is 611 g/mol. The van der Waals surface area contributed by atoms with Gasteiger partial charge in [-0.3, -0.25) is 13.9 Å². The number of hydrogen-bond donors (Lipinski definition) is 1. The first-order valence-corrected chi connectivity index (χ1v) is 14.7. The zero-order chi connectivity index (χ0) is 29.4. The Hall–Kier alpha value is -3.34. The Bertz CT molecular complexity index is 1440. The number of ether oxygens (including phenoxy) is 1. The number of rotatable bonds is 12. The number of anilines is 1. The standard InChI is InChI=1S/C28H30Cl2FN3O5S/c1-4-26(28(36)32-3)33(17-19-6-7-20(29)16-25(19)30)27(35)18-34(22-10-12-23(13-11-22)39-5-2)40(37,38)24-14-8-21(31)9-15-24/h6-16,26H,4-5,17-18H2,1-3H3,(H,32,36). The Labute approximate surface area is 243 Å². The van der Waals surface area contributed by atoms with Crippen LogP contribution in [0.4, 0.5) is 10.1 Å². The second-order valence-corrected chi connectivity index (χ2v) is 11.4. The molecule has 1 unspecified atom stereocenters. The van der Waals surface area contributed by atoms with Crippen molar-refractivity contribution in [2.75, 3.05) is 24.5 Å². The van der Waals surface area contributed by atoms with E-state index in [2.05, 4.69) is 5.32 Å². The van der Waals surface area contributed by atoms with Crippen LogP contribution in [0.15, 0.2) is 71.6 Å². The van der Waals surface area contributed by atoms with Crippen molar-refractivity contribution in [3.05, 3.63) is 88.2 Å². The Morgan fingerprint density at radius 3 is 2.20 bits per heavy atom. The van der Waals surface area contributed by atoms with Crippen molar-refractivity contribution in [3.63, 3.8) is 0 Å². The number of sulfonamides is 1. The predicted molar refractivity (Wildman–Crippen MR) is 154 cm³/mol. The summed E-state index contributed by atoms with van der Waals surface area (Å²) >= 11 is 12.4. The smallest absolute Gasteiger partial charge is 0.264 e. The summed E-state index contributed by atoms with van der Waals surface area (Å²) in [4.78, 5) is 27.8. The molecule has 0 spiro atoms. The molecule has 40 heavy (non-hydrogen) atoms. The third-order valence-corrected chi connectivity index (χ3v) is 8.48. The fourth-order valence-electron chi connectivity index (χ4n) is 4.06. The Kier molecular flexibility index (Phi) is 10.8. The van der Waals surface area contributed by atoms with Crippen molar-refractivity contribution in [1.82, 2.24) is 10.2 Å². The number of likely N-dealkylation sites (N-methyl/N-ethyl adjacent to an activating group) is 1. The molecule has 2 amide bonds. The zero-order valence-electron chi connectivity index (χ0n) is 22.2. The lowest BCUT2D eigenvalue weighted by Gasteiger charge is -2.33. The van der Waals surface area contributed by atoms with E-state index < -0.39 is 40.2 Å². The third kappa shape index (κ3) is 7.44. The first kappa shape index (κ1) is 31.2. The van der Waals surface area contributed by atoms with Crippen molar-refractivity contribution >= 4 is 50.7 Å². The molecule has 0 aliphatic carbocycles. The van der Waals surface area contributed by atoms with Crippen LogP contribution in [0.3, 0.4) is 0 Å². The van der Waals surface area contributed by atoms with Crippen LogP contribution in [0.5, 0.6) is 5.75 Å². The minimum atomic E-state index is -4.34. The molecule has 0 aromatic heterocycles. The molecule has 3 aromatic carbocycles. The van der Waals surface area contributed by atoms with Crippen molar-refractivity contribution in [2.24, 2.45) is 0 Å². The molecule has 0 aliphatic heterocycles. The van der Waals surface area contributed by atoms with Gasteiger partial charge >= 0.3 is 0 Å². The van der Waals surface area contributed by atoms with Gasteiger partial charge in [0.1, 0.15) is 24.2 Å². The molecule has 0 saturated carbocycles. The third-order valence-electron chi connectivity index (χ3n) is 6.10. The largest absolute Gasteiger partial charge is 0.494 e. The quantitative estimate of drug-likeness (QED) is 0.301. The number of amides is 2. The highest BCUT2D eigenvalue weighted by Gasteiger charge is 2.33. The molecule has 3 rings (SSSR count). The van der Waals surface area contributed by atoms with Gasteiger partial charge < -0.3 is 15.0 Å². The van der Waals surface area contributed by atoms with Gasteiger partial charge in [0, 0.05) is 23.6 Å². The summed E-state index contributed by atoms with van der Waals surface area (Å²) in [6, 6.07) is 14.3. The molecular weight excluding hydrogens is 580 g/mol. The van der Waals surface area contributed by atoms with Gasteiger partial charge in [0.15, 0.2) is 0 Å². The molecule has 0 aliphatic rings. The number of nitrogens with zero attached hydrogens (tertiary/aromatic N) is 2. The summed E-state index contributed by atoms with van der Waals surface area (Å²) in [5.41, 5.74) is 0.703. The van der Waals surface area contributed by atoms with E-state index in [1.807, 2.05) is 6.92 Å². The summed E-state index contributed by atoms with van der Waals surface area (Å²) in [6.07, 6.45) is 0.254. The highest BCUT2D eigenvalue weighted by molar-refractivity contribution is 7.92. The van der Waals surface area contributed by atoms with Gasteiger partial charge in [-0.2, -0.15) is 0 Å². The fraction of sp³-hybridized carbons (Fsp3) is 0.286. The lowest BCUT2D eigenvalue weighted by atomic mass is 10.1. The lowest BCUT2D eigenvalue weighted by molar-refractivity contribution is -0.140. The molecule has 0 radical (unpaired) electrons. The Morgan fingerprint density at radius 1 is 1.00 bits per heavy atom. The van der Waals surface area contributed by atoms with Crippen LogP contribution in [-0.2, 0) is 26.2 Å². The highest BCUT2D eigenvalue weighted by Crippen LogP contribution is 2.28. The van der Waals surface area contributed by atoms with Crippen LogP contribution >= 0.6 is 23.2 Å². The van der Waals surface area contributed by atoms with Gasteiger partial charge in [-0.05, 0) is 79.6 Å². The van der Waals surface area contributed by atoms with E-state index >= 15 is 0 Å². The zero-order valence-corrected chi connectivity index (χ0v) is 24.6. The number of halogens is 3. The molecule has 3 aromatic rings. The molecular formula is C28H30Cl2FN3O5S. The van der Waals surface area contributed by atoms with Crippen molar-refractivity contribution in [2.45, 2.75) is 37.8 Å². The van der Waals surface area contributed by atoms with Crippen molar-refractivity contribution in [1.29, 1.82) is 0 Å². The summed E-state index contributed by atoms with van der Waals surface area (Å²) in [5, 5.41) is 3.25. The molecule has 0 bridgehead atoms. The van der Waals surface area contributed by atoms with E-state index in [0.717, 1.165) is 28.6 Å². The summed E-state index contributed by atoms with van der Waals surface area (Å²) in [5.74, 6) is -1.16. The molecule has 0 heterocycles. The lowest BCUT2D eigenvalue weighted by Crippen LogP contribution is -2.51. The molecule has 214 valence electrons. The molecule has 1 atom stereocenters. The number of benzene rings is 3. The molecule has 0 saturated heterocycles. The first-order valence-electron chi connectivity index (χ1n) is 12.5. The van der Waals surface area contributed by atoms with E-state index in [1.165, 1.54) is 30.1 Å². The van der Waals surface area contributed by atoms with E-state index in [-0.39, 0.29) is 23.5 Å². The summed E-state index contributed by atoms with van der Waals surface area (Å²) < 4.78 is 47.5. The highest BCUT2D eigenvalue weighted by atomic mass is 35.5. The first-order chi connectivity index (χ1) is 19.0. The monoisotopic (exact) mass is 609 g/mol. The Balaban J connectivity index is 2.07. The van der Waals surface area contributed by atoms with E-state index in [0.29, 0.717) is 28.0 Å². The number of carbonyl (C=O) groups is 2. The van der Waals surface area contributed by atoms with Gasteiger partial charge in [-0.1, -0.05) is 36.2 Å². The average Bonchev–Trinajstić information content (AvgIpc) is 2.93. The fourth-order valence-corrected chi connectivity index (χ4v) is 5.94. The predicted octanol–water partition coefficient (Wildman–Crippen LogP) is 5.28. The van der Waals surface area contributed by atoms with E-state index in [9.17, 15) is 22.4 Å². The second-order valence-electron chi connectivity index (χ2n) is 8.69. The van der Waals surface area contributed by atoms with Crippen molar-refractivity contribution < 1.29 is 27.1 Å².